The average Bonchev–Trinajstić information content (AvgIpc) is 2.76. The minimum atomic E-state index is -1.22. The molecule has 1 atom stereocenters. The van der Waals surface area contributed by atoms with Gasteiger partial charge in [0, 0.05) is 11.8 Å². The lowest BCUT2D eigenvalue weighted by molar-refractivity contribution is -0.141. The zero-order valence-electron chi connectivity index (χ0n) is 17.8. The molecule has 0 spiro atoms. The number of carboxylic acid groups (broad SMARTS) is 1. The average molecular weight is 441 g/mol. The highest BCUT2D eigenvalue weighted by molar-refractivity contribution is 5.90. The maximum atomic E-state index is 12.6. The van der Waals surface area contributed by atoms with Crippen molar-refractivity contribution in [2.24, 2.45) is 0 Å². The van der Waals surface area contributed by atoms with Gasteiger partial charge in [0.15, 0.2) is 11.3 Å². The van der Waals surface area contributed by atoms with Crippen LogP contribution in [0.15, 0.2) is 45.6 Å². The Bertz CT molecular complexity index is 1210. The van der Waals surface area contributed by atoms with E-state index in [9.17, 15) is 24.6 Å². The Morgan fingerprint density at radius 1 is 1.09 bits per heavy atom. The Labute approximate surface area is 183 Å². The van der Waals surface area contributed by atoms with Crippen molar-refractivity contribution < 1.29 is 33.7 Å². The number of carboxylic acids is 1. The molecule has 1 heterocycles. The van der Waals surface area contributed by atoms with E-state index < -0.39 is 23.5 Å². The molecule has 168 valence electrons. The second-order valence-electron chi connectivity index (χ2n) is 7.18. The highest BCUT2D eigenvalue weighted by Crippen LogP contribution is 2.36. The summed E-state index contributed by atoms with van der Waals surface area (Å²) < 4.78 is 15.9. The molecule has 2 aromatic carbocycles. The molecule has 9 heteroatoms. The maximum Gasteiger partial charge on any atom is 0.340 e. The monoisotopic (exact) mass is 441 g/mol. The van der Waals surface area contributed by atoms with Gasteiger partial charge in [0.05, 0.1) is 26.2 Å². The number of phenols is 1. The zero-order valence-corrected chi connectivity index (χ0v) is 17.8. The van der Waals surface area contributed by atoms with E-state index in [2.05, 4.69) is 5.32 Å². The Hall–Kier alpha value is -4.01. The van der Waals surface area contributed by atoms with Crippen LogP contribution in [-0.4, -0.2) is 42.4 Å². The number of aryl methyl sites for hydroxylation is 1. The molecule has 0 aliphatic heterocycles. The summed E-state index contributed by atoms with van der Waals surface area (Å²) in [5, 5.41) is 21.9. The van der Waals surface area contributed by atoms with E-state index in [-0.39, 0.29) is 35.5 Å². The summed E-state index contributed by atoms with van der Waals surface area (Å²) in [5.74, 6) is -1.14. The van der Waals surface area contributed by atoms with Gasteiger partial charge in [-0.2, -0.15) is 0 Å². The second kappa shape index (κ2) is 9.42. The summed E-state index contributed by atoms with van der Waals surface area (Å²) in [6.45, 7) is 1.68. The van der Waals surface area contributed by atoms with Crippen LogP contribution in [0.3, 0.4) is 0 Å². The summed E-state index contributed by atoms with van der Waals surface area (Å²) in [5.41, 5.74) is 0.753. The molecule has 0 aliphatic rings. The number of hydrogen-bond acceptors (Lipinski definition) is 7. The number of aliphatic carboxylic acids is 1. The first-order valence-corrected chi connectivity index (χ1v) is 9.72. The number of benzene rings is 2. The van der Waals surface area contributed by atoms with Crippen molar-refractivity contribution >= 4 is 22.8 Å². The lowest BCUT2D eigenvalue weighted by atomic mass is 10.0. The maximum absolute atomic E-state index is 12.6. The van der Waals surface area contributed by atoms with E-state index >= 15 is 0 Å². The topological polar surface area (TPSA) is 135 Å². The van der Waals surface area contributed by atoms with Gasteiger partial charge in [-0.25, -0.2) is 9.59 Å². The number of methoxy groups -OCH3 is 2. The van der Waals surface area contributed by atoms with E-state index in [1.54, 1.807) is 31.2 Å². The third kappa shape index (κ3) is 4.66. The molecule has 32 heavy (non-hydrogen) atoms. The first-order chi connectivity index (χ1) is 15.2. The highest BCUT2D eigenvalue weighted by atomic mass is 16.5. The molecular formula is C23H23NO8. The number of nitrogens with one attached hydrogen (secondary N) is 1. The molecule has 3 rings (SSSR count). The van der Waals surface area contributed by atoms with Crippen molar-refractivity contribution in [3.63, 3.8) is 0 Å². The van der Waals surface area contributed by atoms with Crippen molar-refractivity contribution in [2.75, 3.05) is 14.2 Å². The van der Waals surface area contributed by atoms with E-state index in [4.69, 9.17) is 13.9 Å². The van der Waals surface area contributed by atoms with Gasteiger partial charge < -0.3 is 29.4 Å². The van der Waals surface area contributed by atoms with Crippen LogP contribution in [0.25, 0.3) is 11.0 Å². The van der Waals surface area contributed by atoms with E-state index in [1.807, 2.05) is 0 Å². The smallest absolute Gasteiger partial charge is 0.340 e. The molecular weight excluding hydrogens is 418 g/mol. The number of amides is 1. The Kier molecular flexibility index (Phi) is 6.67. The fourth-order valence-corrected chi connectivity index (χ4v) is 3.44. The molecule has 9 nitrogen and oxygen atoms in total. The molecule has 0 aliphatic carbocycles. The lowest BCUT2D eigenvalue weighted by Gasteiger charge is -2.16. The molecule has 0 saturated carbocycles. The van der Waals surface area contributed by atoms with Crippen molar-refractivity contribution in [3.05, 3.63) is 63.5 Å². The summed E-state index contributed by atoms with van der Waals surface area (Å²) >= 11 is 0. The summed E-state index contributed by atoms with van der Waals surface area (Å²) in [7, 11) is 2.89. The van der Waals surface area contributed by atoms with Gasteiger partial charge in [0.25, 0.3) is 0 Å². The van der Waals surface area contributed by atoms with Crippen LogP contribution >= 0.6 is 0 Å². The summed E-state index contributed by atoms with van der Waals surface area (Å²) in [6, 6.07) is 8.16. The Balaban J connectivity index is 1.86. The fraction of sp³-hybridized carbons (Fsp3) is 0.261. The second-order valence-corrected chi connectivity index (χ2v) is 7.18. The first-order valence-electron chi connectivity index (χ1n) is 9.72. The van der Waals surface area contributed by atoms with Crippen molar-refractivity contribution in [1.29, 1.82) is 0 Å². The zero-order chi connectivity index (χ0) is 23.4. The molecule has 0 radical (unpaired) electrons. The third-order valence-electron chi connectivity index (χ3n) is 5.14. The molecule has 1 amide bonds. The highest BCUT2D eigenvalue weighted by Gasteiger charge is 2.23. The van der Waals surface area contributed by atoms with Crippen LogP contribution in [-0.2, 0) is 22.4 Å². The number of hydrogen-bond donors (Lipinski definition) is 3. The molecule has 1 unspecified atom stereocenters. The third-order valence-corrected chi connectivity index (χ3v) is 5.14. The Morgan fingerprint density at radius 2 is 1.78 bits per heavy atom. The van der Waals surface area contributed by atoms with Crippen molar-refractivity contribution in [2.45, 2.75) is 25.8 Å². The number of phenolic OH excluding ortho intramolecular Hbond substituents is 1. The number of aromatic hydroxyl groups is 1. The van der Waals surface area contributed by atoms with Crippen LogP contribution in [0.5, 0.6) is 17.2 Å². The van der Waals surface area contributed by atoms with Crippen molar-refractivity contribution in [3.8, 4) is 17.2 Å². The van der Waals surface area contributed by atoms with Crippen LogP contribution in [0.4, 0.5) is 0 Å². The molecule has 0 bridgehead atoms. The SMILES string of the molecule is COc1ccc2c(C)c(CC(=O)NC(Cc3ccc(O)cc3)C(=O)O)c(=O)oc2c1OC. The molecule has 3 N–H and O–H groups in total. The normalized spacial score (nSPS) is 11.7. The summed E-state index contributed by atoms with van der Waals surface area (Å²) in [4.78, 5) is 36.8. The van der Waals surface area contributed by atoms with Gasteiger partial charge in [-0.1, -0.05) is 12.1 Å². The van der Waals surface area contributed by atoms with E-state index in [0.717, 1.165) is 0 Å². The lowest BCUT2D eigenvalue weighted by Crippen LogP contribution is -2.43. The largest absolute Gasteiger partial charge is 0.508 e. The van der Waals surface area contributed by atoms with Gasteiger partial charge in [-0.15, -0.1) is 0 Å². The van der Waals surface area contributed by atoms with Crippen LogP contribution in [0.2, 0.25) is 0 Å². The molecule has 1 aromatic heterocycles. The predicted molar refractivity (Wildman–Crippen MR) is 115 cm³/mol. The number of carbonyl (C=O) groups is 2. The van der Waals surface area contributed by atoms with Crippen LogP contribution in [0, 0.1) is 6.92 Å². The molecule has 3 aromatic rings. The van der Waals surface area contributed by atoms with Gasteiger partial charge in [0.2, 0.25) is 11.7 Å². The number of carbonyl (C=O) groups excluding carboxylic acids is 1. The number of ether oxygens (including phenoxy) is 2. The first kappa shape index (κ1) is 22.7. The standard InChI is InChI=1S/C23H23NO8/c1-12-15-8-9-18(30-2)21(31-3)20(15)32-23(29)16(12)11-19(26)24-17(22(27)28)10-13-4-6-14(25)7-5-13/h4-9,17,25H,10-11H2,1-3H3,(H,24,26)(H,27,28). The van der Waals surface area contributed by atoms with Gasteiger partial charge >= 0.3 is 11.6 Å². The quantitative estimate of drug-likeness (QED) is 0.453. The minimum absolute atomic E-state index is 0.0175. The van der Waals surface area contributed by atoms with E-state index in [1.165, 1.54) is 26.4 Å². The minimum Gasteiger partial charge on any atom is -0.508 e. The van der Waals surface area contributed by atoms with Crippen molar-refractivity contribution in [1.82, 2.24) is 5.32 Å². The molecule has 0 saturated heterocycles. The van der Waals surface area contributed by atoms with Gasteiger partial charge in [0.1, 0.15) is 11.8 Å². The fourth-order valence-electron chi connectivity index (χ4n) is 3.44. The molecule has 0 fully saturated rings. The van der Waals surface area contributed by atoms with Gasteiger partial charge in [-0.3, -0.25) is 4.79 Å². The van der Waals surface area contributed by atoms with Crippen LogP contribution < -0.4 is 20.4 Å². The Morgan fingerprint density at radius 3 is 2.38 bits per heavy atom. The van der Waals surface area contributed by atoms with Gasteiger partial charge in [-0.05, 0) is 42.3 Å². The summed E-state index contributed by atoms with van der Waals surface area (Å²) in [6.07, 6.45) is -0.332. The number of rotatable bonds is 8. The predicted octanol–water partition coefficient (Wildman–Crippen LogP) is 2.18. The number of fused-ring (bicyclic) bond motifs is 1. The van der Waals surface area contributed by atoms with Crippen LogP contribution in [0.1, 0.15) is 16.7 Å². The van der Waals surface area contributed by atoms with E-state index in [0.29, 0.717) is 22.3 Å².